The molecular weight excluding hydrogens is 461 g/mol. The Balaban J connectivity index is 1.59. The molecule has 0 aliphatic carbocycles. The number of aryl methyl sites for hydroxylation is 1. The van der Waals surface area contributed by atoms with Gasteiger partial charge in [-0.15, -0.1) is 5.10 Å². The zero-order valence-electron chi connectivity index (χ0n) is 16.5. The van der Waals surface area contributed by atoms with Gasteiger partial charge in [-0.2, -0.15) is 12.7 Å². The van der Waals surface area contributed by atoms with Crippen molar-refractivity contribution < 1.29 is 13.2 Å². The van der Waals surface area contributed by atoms with E-state index in [-0.39, 0.29) is 18.9 Å². The molecule has 0 unspecified atom stereocenters. The van der Waals surface area contributed by atoms with Crippen LogP contribution in [0.1, 0.15) is 34.5 Å². The number of carbonyl (C=O) groups is 1. The van der Waals surface area contributed by atoms with Crippen molar-refractivity contribution in [1.29, 1.82) is 0 Å². The van der Waals surface area contributed by atoms with E-state index in [9.17, 15) is 13.2 Å². The maximum Gasteiger partial charge on any atom is 0.305 e. The van der Waals surface area contributed by atoms with Gasteiger partial charge in [0.1, 0.15) is 11.5 Å². The molecule has 0 radical (unpaired) electrons. The van der Waals surface area contributed by atoms with E-state index in [4.69, 9.17) is 23.2 Å². The molecule has 1 N–H and O–H groups in total. The lowest BCUT2D eigenvalue weighted by Gasteiger charge is -2.27. The number of halogens is 2. The smallest absolute Gasteiger partial charge is 0.264 e. The lowest BCUT2D eigenvalue weighted by atomic mass is 10.0. The second-order valence-corrected chi connectivity index (χ2v) is 9.46. The van der Waals surface area contributed by atoms with Gasteiger partial charge in [0.2, 0.25) is 5.82 Å². The van der Waals surface area contributed by atoms with Crippen molar-refractivity contribution in [2.75, 3.05) is 6.54 Å². The van der Waals surface area contributed by atoms with Crippen LogP contribution in [0.4, 0.5) is 0 Å². The van der Waals surface area contributed by atoms with Crippen LogP contribution in [0, 0.1) is 0 Å². The van der Waals surface area contributed by atoms with Crippen LogP contribution in [0.25, 0.3) is 5.69 Å². The molecule has 162 valence electrons. The van der Waals surface area contributed by atoms with Crippen molar-refractivity contribution in [3.8, 4) is 5.69 Å². The monoisotopic (exact) mass is 479 g/mol. The summed E-state index contributed by atoms with van der Waals surface area (Å²) in [6.45, 7) is 2.29. The highest BCUT2D eigenvalue weighted by molar-refractivity contribution is 7.87. The van der Waals surface area contributed by atoms with E-state index in [0.29, 0.717) is 34.4 Å². The number of hydrogen-bond acceptors (Lipinski definition) is 5. The van der Waals surface area contributed by atoms with Gasteiger partial charge < -0.3 is 0 Å². The van der Waals surface area contributed by atoms with Gasteiger partial charge in [-0.25, -0.2) is 14.4 Å². The summed E-state index contributed by atoms with van der Waals surface area (Å²) in [5, 5.41) is 4.84. The van der Waals surface area contributed by atoms with Crippen molar-refractivity contribution in [1.82, 2.24) is 23.8 Å². The first-order valence-electron chi connectivity index (χ1n) is 9.59. The van der Waals surface area contributed by atoms with Crippen molar-refractivity contribution in [3.05, 3.63) is 75.3 Å². The van der Waals surface area contributed by atoms with E-state index >= 15 is 0 Å². The quantitative estimate of drug-likeness (QED) is 0.605. The molecule has 1 aliphatic rings. The Morgan fingerprint density at radius 3 is 2.45 bits per heavy atom. The maximum atomic E-state index is 12.8. The van der Waals surface area contributed by atoms with Crippen LogP contribution >= 0.6 is 23.2 Å². The number of benzene rings is 2. The molecule has 1 amide bonds. The van der Waals surface area contributed by atoms with Gasteiger partial charge in [-0.3, -0.25) is 4.79 Å². The molecule has 0 saturated heterocycles. The van der Waals surface area contributed by atoms with E-state index in [2.05, 4.69) is 14.8 Å². The molecule has 11 heteroatoms. The first-order valence-corrected chi connectivity index (χ1v) is 11.8. The van der Waals surface area contributed by atoms with Crippen LogP contribution in [-0.2, 0) is 29.6 Å². The molecular formula is C20H19Cl2N5O3S. The molecule has 0 bridgehead atoms. The number of amides is 1. The number of para-hydroxylation sites is 1. The van der Waals surface area contributed by atoms with Crippen molar-refractivity contribution in [3.63, 3.8) is 0 Å². The van der Waals surface area contributed by atoms with Crippen LogP contribution in [0.15, 0.2) is 42.5 Å². The predicted octanol–water partition coefficient (Wildman–Crippen LogP) is 3.17. The topological polar surface area (TPSA) is 97.2 Å². The Morgan fingerprint density at radius 2 is 1.77 bits per heavy atom. The zero-order valence-corrected chi connectivity index (χ0v) is 18.9. The standard InChI is InChI=1S/C20H19Cl2N5O3S/c1-2-17-23-19(24-27(17)18-15(21)8-5-9-16(18)22)20(28)25-31(29,30)26-11-10-13-6-3-4-7-14(13)12-26/h3-9H,2,10-12H2,1H3,(H,25,28). The normalized spacial score (nSPS) is 14.3. The van der Waals surface area contributed by atoms with Gasteiger partial charge in [0.15, 0.2) is 0 Å². The Hall–Kier alpha value is -2.46. The summed E-state index contributed by atoms with van der Waals surface area (Å²) in [4.78, 5) is 16.9. The van der Waals surface area contributed by atoms with Gasteiger partial charge in [-0.05, 0) is 29.7 Å². The fourth-order valence-electron chi connectivity index (χ4n) is 3.44. The van der Waals surface area contributed by atoms with Crippen LogP contribution < -0.4 is 4.72 Å². The van der Waals surface area contributed by atoms with E-state index < -0.39 is 16.1 Å². The first-order chi connectivity index (χ1) is 14.8. The number of nitrogens with zero attached hydrogens (tertiary/aromatic N) is 4. The number of fused-ring (bicyclic) bond motifs is 1. The van der Waals surface area contributed by atoms with Crippen molar-refractivity contribution >= 4 is 39.3 Å². The fraction of sp³-hybridized carbons (Fsp3) is 0.250. The van der Waals surface area contributed by atoms with E-state index in [1.807, 2.05) is 31.2 Å². The minimum absolute atomic E-state index is 0.191. The maximum absolute atomic E-state index is 12.8. The second-order valence-electron chi connectivity index (χ2n) is 6.98. The zero-order chi connectivity index (χ0) is 22.2. The molecule has 3 aromatic rings. The highest BCUT2D eigenvalue weighted by atomic mass is 35.5. The van der Waals surface area contributed by atoms with E-state index in [0.717, 1.165) is 11.1 Å². The molecule has 8 nitrogen and oxygen atoms in total. The van der Waals surface area contributed by atoms with Crippen LogP contribution in [0.2, 0.25) is 10.0 Å². The molecule has 2 aromatic carbocycles. The largest absolute Gasteiger partial charge is 0.305 e. The summed E-state index contributed by atoms with van der Waals surface area (Å²) in [6.07, 6.45) is 1.00. The molecule has 0 saturated carbocycles. The van der Waals surface area contributed by atoms with Crippen molar-refractivity contribution in [2.24, 2.45) is 0 Å². The number of rotatable bonds is 5. The SMILES string of the molecule is CCc1nc(C(=O)NS(=O)(=O)N2CCc3ccccc3C2)nn1-c1c(Cl)cccc1Cl. The molecule has 2 heterocycles. The molecule has 1 aliphatic heterocycles. The highest BCUT2D eigenvalue weighted by Crippen LogP contribution is 2.29. The van der Waals surface area contributed by atoms with Gasteiger partial charge in [-0.1, -0.05) is 60.5 Å². The summed E-state index contributed by atoms with van der Waals surface area (Å²) >= 11 is 12.5. The Labute approximate surface area is 190 Å². The molecule has 31 heavy (non-hydrogen) atoms. The lowest BCUT2D eigenvalue weighted by molar-refractivity contribution is 0.0968. The van der Waals surface area contributed by atoms with E-state index in [1.54, 1.807) is 18.2 Å². The number of aromatic nitrogens is 3. The van der Waals surface area contributed by atoms with E-state index in [1.165, 1.54) is 8.99 Å². The lowest BCUT2D eigenvalue weighted by Crippen LogP contribution is -2.45. The number of nitrogens with one attached hydrogen (secondary N) is 1. The van der Waals surface area contributed by atoms with Gasteiger partial charge in [0, 0.05) is 19.5 Å². The van der Waals surface area contributed by atoms with Crippen molar-refractivity contribution in [2.45, 2.75) is 26.3 Å². The first kappa shape index (κ1) is 21.8. The summed E-state index contributed by atoms with van der Waals surface area (Å²) in [7, 11) is -4.07. The van der Waals surface area contributed by atoms with Crippen LogP contribution in [0.5, 0.6) is 0 Å². The third kappa shape index (κ3) is 4.31. The summed E-state index contributed by atoms with van der Waals surface area (Å²) in [5.74, 6) is -0.784. The Bertz CT molecular complexity index is 1240. The third-order valence-electron chi connectivity index (χ3n) is 5.00. The molecule has 0 spiro atoms. The molecule has 4 rings (SSSR count). The fourth-order valence-corrected chi connectivity index (χ4v) is 5.10. The highest BCUT2D eigenvalue weighted by Gasteiger charge is 2.30. The van der Waals surface area contributed by atoms with Crippen LogP contribution in [-0.4, -0.2) is 39.9 Å². The van der Waals surface area contributed by atoms with Gasteiger partial charge in [0.05, 0.1) is 10.0 Å². The minimum Gasteiger partial charge on any atom is -0.264 e. The molecule has 0 fully saturated rings. The number of hydrogen-bond donors (Lipinski definition) is 1. The average Bonchev–Trinajstić information content (AvgIpc) is 3.17. The number of carbonyl (C=O) groups excluding carboxylic acids is 1. The summed E-state index contributed by atoms with van der Waals surface area (Å²) in [6, 6.07) is 12.6. The predicted molar refractivity (Wildman–Crippen MR) is 118 cm³/mol. The Kier molecular flexibility index (Phi) is 6.02. The Morgan fingerprint density at radius 1 is 1.10 bits per heavy atom. The van der Waals surface area contributed by atoms with Gasteiger partial charge >= 0.3 is 16.1 Å². The summed E-state index contributed by atoms with van der Waals surface area (Å²) in [5.41, 5.74) is 2.39. The average molecular weight is 480 g/mol. The third-order valence-corrected chi connectivity index (χ3v) is 7.04. The van der Waals surface area contributed by atoms with Crippen LogP contribution in [0.3, 0.4) is 0 Å². The van der Waals surface area contributed by atoms with Gasteiger partial charge in [0.25, 0.3) is 0 Å². The second kappa shape index (κ2) is 8.58. The molecule has 0 atom stereocenters. The molecule has 1 aromatic heterocycles. The summed E-state index contributed by atoms with van der Waals surface area (Å²) < 4.78 is 30.3. The minimum atomic E-state index is -4.07.